The molecular formula is C30H29N7O. The maximum Gasteiger partial charge on any atom is 0.235 e. The summed E-state index contributed by atoms with van der Waals surface area (Å²) in [6.07, 6.45) is 7.08. The lowest BCUT2D eigenvalue weighted by Gasteiger charge is -2.39. The molecule has 0 bridgehead atoms. The van der Waals surface area contributed by atoms with Crippen LogP contribution >= 0.6 is 0 Å². The zero-order chi connectivity index (χ0) is 25.9. The molecule has 0 radical (unpaired) electrons. The molecule has 2 aromatic carbocycles. The Labute approximate surface area is 220 Å². The van der Waals surface area contributed by atoms with Crippen molar-refractivity contribution in [1.82, 2.24) is 29.4 Å². The summed E-state index contributed by atoms with van der Waals surface area (Å²) >= 11 is 0. The molecule has 190 valence electrons. The molecule has 0 unspecified atom stereocenters. The molecule has 2 aliphatic heterocycles. The fraction of sp³-hybridized carbons (Fsp3) is 0.300. The Bertz CT molecular complexity index is 1700. The minimum atomic E-state index is -0.432. The lowest BCUT2D eigenvalue weighted by Crippen LogP contribution is -2.48. The van der Waals surface area contributed by atoms with Crippen LogP contribution in [0.2, 0.25) is 0 Å². The Hall–Kier alpha value is -4.17. The number of benzene rings is 2. The molecule has 0 saturated carbocycles. The monoisotopic (exact) mass is 503 g/mol. The lowest BCUT2D eigenvalue weighted by atomic mass is 9.73. The van der Waals surface area contributed by atoms with Gasteiger partial charge in [-0.15, -0.1) is 0 Å². The molecule has 3 aromatic heterocycles. The number of rotatable bonds is 4. The first-order chi connectivity index (χ1) is 18.5. The van der Waals surface area contributed by atoms with E-state index in [-0.39, 0.29) is 5.91 Å². The van der Waals surface area contributed by atoms with Crippen molar-refractivity contribution in [2.75, 3.05) is 18.4 Å². The predicted molar refractivity (Wildman–Crippen MR) is 148 cm³/mol. The molecule has 7 rings (SSSR count). The van der Waals surface area contributed by atoms with Crippen LogP contribution in [0.3, 0.4) is 0 Å². The van der Waals surface area contributed by atoms with Crippen LogP contribution in [0.5, 0.6) is 0 Å². The Kier molecular flexibility index (Phi) is 5.26. The molecule has 0 aliphatic carbocycles. The van der Waals surface area contributed by atoms with Crippen molar-refractivity contribution in [3.63, 3.8) is 0 Å². The highest BCUT2D eigenvalue weighted by molar-refractivity contribution is 6.07. The Morgan fingerprint density at radius 1 is 1.00 bits per heavy atom. The maximum atomic E-state index is 13.2. The molecule has 8 nitrogen and oxygen atoms in total. The zero-order valence-electron chi connectivity index (χ0n) is 21.6. The minimum Gasteiger partial charge on any atom is -0.325 e. The number of nitrogens with one attached hydrogen (secondary N) is 1. The number of likely N-dealkylation sites (tertiary alicyclic amines) is 1. The minimum absolute atomic E-state index is 0.119. The van der Waals surface area contributed by atoms with E-state index < -0.39 is 5.41 Å². The Morgan fingerprint density at radius 2 is 1.87 bits per heavy atom. The van der Waals surface area contributed by atoms with Gasteiger partial charge in [-0.1, -0.05) is 24.3 Å². The van der Waals surface area contributed by atoms with Crippen molar-refractivity contribution < 1.29 is 4.79 Å². The van der Waals surface area contributed by atoms with Crippen molar-refractivity contribution in [2.24, 2.45) is 0 Å². The van der Waals surface area contributed by atoms with Gasteiger partial charge in [-0.2, -0.15) is 0 Å². The van der Waals surface area contributed by atoms with Crippen LogP contribution in [0, 0.1) is 0 Å². The maximum absolute atomic E-state index is 13.2. The zero-order valence-corrected chi connectivity index (χ0v) is 21.6. The van der Waals surface area contributed by atoms with E-state index in [4.69, 9.17) is 4.98 Å². The normalized spacial score (nSPS) is 17.0. The van der Waals surface area contributed by atoms with Gasteiger partial charge in [-0.3, -0.25) is 9.78 Å². The van der Waals surface area contributed by atoms with Crippen LogP contribution in [0.25, 0.3) is 33.5 Å². The van der Waals surface area contributed by atoms with E-state index in [9.17, 15) is 4.79 Å². The molecule has 2 aliphatic rings. The number of hydrogen-bond donors (Lipinski definition) is 1. The SMILES string of the molecule is CC(C)N1CCC2(CC1)C(=O)Nc1cc(-c3ncc4ncn(Cc5ccc6ncccc6c5)c4n3)ccc12. The fourth-order valence-electron chi connectivity index (χ4n) is 6.02. The molecule has 38 heavy (non-hydrogen) atoms. The smallest absolute Gasteiger partial charge is 0.235 e. The number of carbonyl (C=O) groups is 1. The van der Waals surface area contributed by atoms with E-state index in [1.165, 1.54) is 0 Å². The number of piperidine rings is 1. The number of pyridine rings is 1. The summed E-state index contributed by atoms with van der Waals surface area (Å²) in [5.41, 5.74) is 6.10. The summed E-state index contributed by atoms with van der Waals surface area (Å²) in [6.45, 7) is 6.95. The van der Waals surface area contributed by atoms with Crippen LogP contribution in [-0.2, 0) is 16.8 Å². The quantitative estimate of drug-likeness (QED) is 0.380. The van der Waals surface area contributed by atoms with Crippen LogP contribution < -0.4 is 5.32 Å². The van der Waals surface area contributed by atoms with Gasteiger partial charge < -0.3 is 14.8 Å². The number of imidazole rings is 1. The van der Waals surface area contributed by atoms with Crippen LogP contribution in [0.4, 0.5) is 5.69 Å². The molecule has 1 N–H and O–H groups in total. The average Bonchev–Trinajstić information content (AvgIpc) is 3.46. The number of fused-ring (bicyclic) bond motifs is 4. The van der Waals surface area contributed by atoms with Gasteiger partial charge in [0.25, 0.3) is 0 Å². The highest BCUT2D eigenvalue weighted by atomic mass is 16.2. The van der Waals surface area contributed by atoms with Crippen LogP contribution in [-0.4, -0.2) is 54.4 Å². The van der Waals surface area contributed by atoms with Gasteiger partial charge in [-0.25, -0.2) is 15.0 Å². The first-order valence-electron chi connectivity index (χ1n) is 13.2. The molecule has 5 heterocycles. The third kappa shape index (κ3) is 3.67. The van der Waals surface area contributed by atoms with Crippen LogP contribution in [0.1, 0.15) is 37.8 Å². The predicted octanol–water partition coefficient (Wildman–Crippen LogP) is 4.78. The number of anilines is 1. The second-order valence-corrected chi connectivity index (χ2v) is 10.7. The second-order valence-electron chi connectivity index (χ2n) is 10.7. The van der Waals surface area contributed by atoms with E-state index in [1.54, 1.807) is 6.20 Å². The van der Waals surface area contributed by atoms with Crippen molar-refractivity contribution in [1.29, 1.82) is 0 Å². The van der Waals surface area contributed by atoms with E-state index in [0.717, 1.165) is 70.4 Å². The van der Waals surface area contributed by atoms with Crippen molar-refractivity contribution >= 4 is 33.7 Å². The number of nitrogens with zero attached hydrogens (tertiary/aromatic N) is 6. The summed E-state index contributed by atoms with van der Waals surface area (Å²) < 4.78 is 2.05. The number of aromatic nitrogens is 5. The van der Waals surface area contributed by atoms with Crippen LogP contribution in [0.15, 0.2) is 67.3 Å². The average molecular weight is 504 g/mol. The van der Waals surface area contributed by atoms with Gasteiger partial charge in [-0.05, 0) is 75.2 Å². The van der Waals surface area contributed by atoms with Gasteiger partial charge in [0.1, 0.15) is 5.52 Å². The molecule has 0 atom stereocenters. The Morgan fingerprint density at radius 3 is 2.71 bits per heavy atom. The third-order valence-corrected chi connectivity index (χ3v) is 8.24. The van der Waals surface area contributed by atoms with Gasteiger partial charge in [0.05, 0.1) is 30.0 Å². The molecule has 1 saturated heterocycles. The lowest BCUT2D eigenvalue weighted by molar-refractivity contribution is -0.122. The van der Waals surface area contributed by atoms with E-state index in [0.29, 0.717) is 18.4 Å². The van der Waals surface area contributed by atoms with Gasteiger partial charge in [0.15, 0.2) is 11.5 Å². The summed E-state index contributed by atoms with van der Waals surface area (Å²) in [5, 5.41) is 4.28. The van der Waals surface area contributed by atoms with Gasteiger partial charge in [0, 0.05) is 28.9 Å². The van der Waals surface area contributed by atoms with Crippen molar-refractivity contribution in [2.45, 2.75) is 44.7 Å². The highest BCUT2D eigenvalue weighted by Gasteiger charge is 2.48. The second kappa shape index (κ2) is 8.70. The summed E-state index contributed by atoms with van der Waals surface area (Å²) in [5.74, 6) is 0.739. The van der Waals surface area contributed by atoms with Gasteiger partial charge >= 0.3 is 0 Å². The van der Waals surface area contributed by atoms with Crippen molar-refractivity contribution in [3.8, 4) is 11.4 Å². The molecule has 5 aromatic rings. The molecule has 8 heteroatoms. The molecule has 1 spiro atoms. The first-order valence-corrected chi connectivity index (χ1v) is 13.2. The van der Waals surface area contributed by atoms with Crippen molar-refractivity contribution in [3.05, 3.63) is 78.4 Å². The van der Waals surface area contributed by atoms with E-state index in [1.807, 2.05) is 41.4 Å². The molecule has 1 amide bonds. The molecule has 1 fully saturated rings. The topological polar surface area (TPSA) is 88.8 Å². The fourth-order valence-corrected chi connectivity index (χ4v) is 6.02. The number of carbonyl (C=O) groups excluding carboxylic acids is 1. The molecular weight excluding hydrogens is 474 g/mol. The number of amides is 1. The number of hydrogen-bond acceptors (Lipinski definition) is 6. The standard InChI is InChI=1S/C30H29N7O/c1-19(2)36-12-9-30(10-13-36)23-7-6-22(15-25(23)34-29(30)38)27-32-16-26-28(35-27)37(18-33-26)17-20-5-8-24-21(14-20)4-3-11-31-24/h3-8,11,14-16,18-19H,9-10,12-13,17H2,1-2H3,(H,34,38). The largest absolute Gasteiger partial charge is 0.325 e. The van der Waals surface area contributed by atoms with Gasteiger partial charge in [0.2, 0.25) is 5.91 Å². The van der Waals surface area contributed by atoms with E-state index in [2.05, 4.69) is 63.3 Å². The summed E-state index contributed by atoms with van der Waals surface area (Å²) in [6, 6.07) is 17.0. The third-order valence-electron chi connectivity index (χ3n) is 8.24. The summed E-state index contributed by atoms with van der Waals surface area (Å²) in [4.78, 5) is 34.1. The first kappa shape index (κ1) is 23.0. The van der Waals surface area contributed by atoms with E-state index >= 15 is 0 Å². The summed E-state index contributed by atoms with van der Waals surface area (Å²) in [7, 11) is 0. The Balaban J connectivity index is 1.19. The highest BCUT2D eigenvalue weighted by Crippen LogP contribution is 2.46.